The lowest BCUT2D eigenvalue weighted by Crippen LogP contribution is -2.46. The SMILES string of the molecule is Cc1cccc(Nc2ccccc2C(=O)SCCNC(=O)CCNC(=O)C(O)C(C)(C)COP(=O)(O)OP(=O)(O)OC[C@H]2O[C@@H](n3cnc4c(N)ncnc43)[C@H](O)[C@@H]2OP(=O)(O)O)c1C. The summed E-state index contributed by atoms with van der Waals surface area (Å²) in [6.07, 6.45) is -7.01. The Bertz CT molecular complexity index is 2510. The van der Waals surface area contributed by atoms with Crippen LogP contribution in [0.2, 0.25) is 0 Å². The molecule has 0 saturated carbocycles. The number of carbonyl (C=O) groups is 3. The van der Waals surface area contributed by atoms with Gasteiger partial charge >= 0.3 is 23.5 Å². The van der Waals surface area contributed by atoms with E-state index in [2.05, 4.69) is 39.7 Å². The first-order valence-corrected chi connectivity index (χ1v) is 24.9. The molecule has 356 valence electrons. The molecule has 7 atom stereocenters. The molecule has 1 aliphatic heterocycles. The van der Waals surface area contributed by atoms with E-state index in [0.29, 0.717) is 11.3 Å². The van der Waals surface area contributed by atoms with Crippen molar-refractivity contribution in [1.29, 1.82) is 0 Å². The van der Waals surface area contributed by atoms with E-state index < -0.39 is 84.6 Å². The minimum absolute atomic E-state index is 0.0267. The van der Waals surface area contributed by atoms with Crippen LogP contribution in [0.1, 0.15) is 48.0 Å². The van der Waals surface area contributed by atoms with Gasteiger partial charge in [0.05, 0.1) is 30.8 Å². The molecule has 0 radical (unpaired) electrons. The first-order chi connectivity index (χ1) is 30.4. The van der Waals surface area contributed by atoms with Gasteiger partial charge in [0.25, 0.3) is 0 Å². The third-order valence-electron chi connectivity index (χ3n) is 9.76. The number of thioether (sulfide) groups is 1. The van der Waals surface area contributed by atoms with Crippen LogP contribution >= 0.6 is 35.2 Å². The second kappa shape index (κ2) is 21.6. The Hall–Kier alpha value is -4.20. The van der Waals surface area contributed by atoms with Crippen LogP contribution in [-0.2, 0) is 45.9 Å². The van der Waals surface area contributed by atoms with Crippen molar-refractivity contribution in [2.75, 3.05) is 43.1 Å². The van der Waals surface area contributed by atoms with E-state index in [9.17, 15) is 57.9 Å². The molecule has 11 N–H and O–H groups in total. The molecule has 3 unspecified atom stereocenters. The van der Waals surface area contributed by atoms with Gasteiger partial charge in [0.2, 0.25) is 16.9 Å². The van der Waals surface area contributed by atoms with Crippen molar-refractivity contribution in [3.05, 3.63) is 71.8 Å². The molecule has 5 rings (SSSR count). The number of imidazole rings is 1. The fourth-order valence-corrected chi connectivity index (χ4v) is 9.71. The second-order valence-corrected chi connectivity index (χ2v) is 20.4. The second-order valence-electron chi connectivity index (χ2n) is 15.1. The van der Waals surface area contributed by atoms with Gasteiger partial charge in [-0.05, 0) is 43.2 Å². The number of aromatic nitrogens is 4. The van der Waals surface area contributed by atoms with Crippen LogP contribution in [0.25, 0.3) is 11.2 Å². The van der Waals surface area contributed by atoms with E-state index in [4.69, 9.17) is 19.5 Å². The minimum atomic E-state index is -5.59. The number of para-hydroxylation sites is 1. The maximum atomic E-state index is 13.0. The standard InChI is InChI=1S/C36H49N8O17P3S/c1-20-8-7-11-23(21(20)2)43-24-10-6-5-9-22(24)35(49)65-15-14-38-26(45)12-13-39-33(48)30(47)36(3,4)17-58-64(55,56)61-63(53,54)57-16-25-29(60-62(50,51)52)28(46)34(59-25)44-19-42-27-31(37)40-18-41-32(27)44/h5-11,18-19,25,28-30,34,43,46-47H,12-17H2,1-4H3,(H,38,45)(H,39,48)(H,53,54)(H,55,56)(H2,37,40,41)(H2,50,51,52)/t25-,28-,29-,30?,34-/m1/s1. The number of hydrogen-bond acceptors (Lipinski definition) is 19. The largest absolute Gasteiger partial charge is 0.481 e. The van der Waals surface area contributed by atoms with E-state index in [1.807, 2.05) is 38.1 Å². The van der Waals surface area contributed by atoms with Crippen molar-refractivity contribution < 1.29 is 80.5 Å². The van der Waals surface area contributed by atoms with Crippen LogP contribution in [0, 0.1) is 19.3 Å². The lowest BCUT2D eigenvalue weighted by molar-refractivity contribution is -0.137. The molecule has 3 heterocycles. The number of aryl methyl sites for hydroxylation is 1. The van der Waals surface area contributed by atoms with Crippen LogP contribution in [0.4, 0.5) is 17.2 Å². The predicted molar refractivity (Wildman–Crippen MR) is 232 cm³/mol. The van der Waals surface area contributed by atoms with Gasteiger partial charge in [-0.15, -0.1) is 0 Å². The molecule has 2 amide bonds. The molecule has 2 aromatic heterocycles. The van der Waals surface area contributed by atoms with E-state index >= 15 is 0 Å². The minimum Gasteiger partial charge on any atom is -0.386 e. The summed E-state index contributed by atoms with van der Waals surface area (Å²) < 4.78 is 62.5. The number of benzene rings is 2. The Morgan fingerprint density at radius 3 is 2.37 bits per heavy atom. The monoisotopic (exact) mass is 990 g/mol. The van der Waals surface area contributed by atoms with Crippen LogP contribution in [0.15, 0.2) is 55.1 Å². The molecule has 25 nitrogen and oxygen atoms in total. The van der Waals surface area contributed by atoms with Gasteiger partial charge in [0.1, 0.15) is 36.3 Å². The number of nitrogens with one attached hydrogen (secondary N) is 3. The average Bonchev–Trinajstić information content (AvgIpc) is 3.79. The Kier molecular flexibility index (Phi) is 17.2. The molecule has 0 aliphatic carbocycles. The summed E-state index contributed by atoms with van der Waals surface area (Å²) in [6, 6.07) is 12.9. The number of rotatable bonds is 22. The molecule has 65 heavy (non-hydrogen) atoms. The zero-order valence-electron chi connectivity index (χ0n) is 35.1. The Balaban J connectivity index is 1.04. The van der Waals surface area contributed by atoms with E-state index in [1.54, 1.807) is 18.2 Å². The van der Waals surface area contributed by atoms with Gasteiger partial charge in [-0.1, -0.05) is 49.9 Å². The zero-order valence-corrected chi connectivity index (χ0v) is 38.6. The van der Waals surface area contributed by atoms with Gasteiger partial charge in [-0.3, -0.25) is 32.5 Å². The number of hydrogen-bond donors (Lipinski definition) is 10. The molecule has 2 aromatic carbocycles. The smallest absolute Gasteiger partial charge is 0.386 e. The third kappa shape index (κ3) is 14.2. The van der Waals surface area contributed by atoms with Gasteiger partial charge in [-0.2, -0.15) is 4.31 Å². The highest BCUT2D eigenvalue weighted by molar-refractivity contribution is 8.14. The zero-order chi connectivity index (χ0) is 47.9. The van der Waals surface area contributed by atoms with E-state index in [1.165, 1.54) is 13.8 Å². The third-order valence-corrected chi connectivity index (χ3v) is 13.7. The number of phosphoric ester groups is 3. The number of amides is 2. The Morgan fingerprint density at radius 2 is 1.65 bits per heavy atom. The number of nitrogens with zero attached hydrogens (tertiary/aromatic N) is 4. The van der Waals surface area contributed by atoms with Crippen molar-refractivity contribution in [2.45, 2.75) is 64.8 Å². The van der Waals surface area contributed by atoms with Crippen molar-refractivity contribution in [1.82, 2.24) is 30.2 Å². The molecular weight excluding hydrogens is 941 g/mol. The number of aliphatic hydroxyl groups excluding tert-OH is 2. The number of ether oxygens (including phenoxy) is 1. The first-order valence-electron chi connectivity index (χ1n) is 19.4. The fourth-order valence-electron chi connectivity index (χ4n) is 6.15. The van der Waals surface area contributed by atoms with Gasteiger partial charge in [0.15, 0.2) is 17.7 Å². The summed E-state index contributed by atoms with van der Waals surface area (Å²) in [7, 11) is -16.5. The molecular formula is C36H49N8O17P3S. The highest BCUT2D eigenvalue weighted by atomic mass is 32.2. The summed E-state index contributed by atoms with van der Waals surface area (Å²) in [5.74, 6) is -1.25. The summed E-state index contributed by atoms with van der Waals surface area (Å²) in [6.45, 7) is 4.35. The van der Waals surface area contributed by atoms with Crippen molar-refractivity contribution in [2.24, 2.45) is 5.41 Å². The quantitative estimate of drug-likeness (QED) is 0.0399. The van der Waals surface area contributed by atoms with Gasteiger partial charge in [-0.25, -0.2) is 28.6 Å². The topological polar surface area (TPSA) is 376 Å². The normalized spacial score (nSPS) is 20.2. The van der Waals surface area contributed by atoms with Crippen LogP contribution < -0.4 is 21.7 Å². The highest BCUT2D eigenvalue weighted by Gasteiger charge is 2.50. The Morgan fingerprint density at radius 1 is 0.954 bits per heavy atom. The fraction of sp³-hybridized carbons (Fsp3) is 0.444. The van der Waals surface area contributed by atoms with Crippen LogP contribution in [0.5, 0.6) is 0 Å². The van der Waals surface area contributed by atoms with E-state index in [0.717, 1.165) is 45.8 Å². The lowest BCUT2D eigenvalue weighted by atomic mass is 9.87. The molecule has 0 spiro atoms. The van der Waals surface area contributed by atoms with E-state index in [-0.39, 0.29) is 47.4 Å². The number of aliphatic hydroxyl groups is 2. The van der Waals surface area contributed by atoms with Crippen LogP contribution in [0.3, 0.4) is 0 Å². The number of phosphoric acid groups is 3. The lowest BCUT2D eigenvalue weighted by Gasteiger charge is -2.30. The number of nitrogens with two attached hydrogens (primary N) is 1. The number of carbonyl (C=O) groups excluding carboxylic acids is 3. The summed E-state index contributed by atoms with van der Waals surface area (Å²) in [5.41, 5.74) is 8.37. The molecule has 1 saturated heterocycles. The number of anilines is 3. The molecule has 0 bridgehead atoms. The summed E-state index contributed by atoms with van der Waals surface area (Å²) in [5, 5.41) is 29.7. The number of fused-ring (bicyclic) bond motifs is 1. The summed E-state index contributed by atoms with van der Waals surface area (Å²) >= 11 is 1.02. The Labute approximate surface area is 375 Å². The van der Waals surface area contributed by atoms with Crippen molar-refractivity contribution >= 4 is 80.5 Å². The van der Waals surface area contributed by atoms with Gasteiger partial charge in [0, 0.05) is 36.4 Å². The highest BCUT2D eigenvalue weighted by Crippen LogP contribution is 2.61. The predicted octanol–water partition coefficient (Wildman–Crippen LogP) is 2.34. The molecule has 1 aliphatic rings. The molecule has 4 aromatic rings. The maximum absolute atomic E-state index is 13.0. The summed E-state index contributed by atoms with van der Waals surface area (Å²) in [4.78, 5) is 89.4. The van der Waals surface area contributed by atoms with Crippen molar-refractivity contribution in [3.8, 4) is 0 Å². The van der Waals surface area contributed by atoms with Crippen molar-refractivity contribution in [3.63, 3.8) is 0 Å². The molecule has 1 fully saturated rings. The maximum Gasteiger partial charge on any atom is 0.481 e. The van der Waals surface area contributed by atoms with Gasteiger partial charge < -0.3 is 56.2 Å². The first kappa shape index (κ1) is 51.8. The van der Waals surface area contributed by atoms with Crippen LogP contribution in [-0.4, -0.2) is 123 Å². The molecule has 29 heteroatoms. The number of nitrogen functional groups attached to an aromatic ring is 1. The average molecular weight is 991 g/mol.